The standard InChI is InChI=1S/C14H21NO/c1-3-14(4-2)10-15-9-13(14)11-5-7-12(16)8-6-11/h5-8,13,15-16H,3-4,9-10H2,1-2H3/t13-/m0/s1. The van der Waals surface area contributed by atoms with E-state index in [9.17, 15) is 5.11 Å². The highest BCUT2D eigenvalue weighted by atomic mass is 16.3. The molecule has 2 heteroatoms. The van der Waals surface area contributed by atoms with Crippen LogP contribution in [0.15, 0.2) is 24.3 Å². The van der Waals surface area contributed by atoms with Crippen LogP contribution in [0, 0.1) is 5.41 Å². The number of rotatable bonds is 3. The fourth-order valence-corrected chi connectivity index (χ4v) is 2.98. The molecule has 1 aliphatic rings. The Morgan fingerprint density at radius 2 is 1.88 bits per heavy atom. The molecule has 1 fully saturated rings. The summed E-state index contributed by atoms with van der Waals surface area (Å²) >= 11 is 0. The molecule has 0 unspecified atom stereocenters. The molecule has 0 aromatic heterocycles. The van der Waals surface area contributed by atoms with E-state index >= 15 is 0 Å². The van der Waals surface area contributed by atoms with Crippen molar-refractivity contribution in [2.75, 3.05) is 13.1 Å². The second-order valence-corrected chi connectivity index (χ2v) is 4.84. The van der Waals surface area contributed by atoms with Crippen LogP contribution in [0.1, 0.15) is 38.2 Å². The first-order valence-electron chi connectivity index (χ1n) is 6.21. The molecule has 0 saturated carbocycles. The van der Waals surface area contributed by atoms with E-state index in [0.717, 1.165) is 13.1 Å². The number of phenols is 1. The lowest BCUT2D eigenvalue weighted by atomic mass is 9.71. The first kappa shape index (κ1) is 11.5. The van der Waals surface area contributed by atoms with Crippen molar-refractivity contribution in [1.82, 2.24) is 5.32 Å². The zero-order valence-corrected chi connectivity index (χ0v) is 10.2. The van der Waals surface area contributed by atoms with Crippen LogP contribution in [-0.2, 0) is 0 Å². The molecule has 1 heterocycles. The quantitative estimate of drug-likeness (QED) is 0.819. The first-order chi connectivity index (χ1) is 7.72. The molecule has 2 nitrogen and oxygen atoms in total. The zero-order valence-electron chi connectivity index (χ0n) is 10.2. The summed E-state index contributed by atoms with van der Waals surface area (Å²) in [5.74, 6) is 0.941. The molecule has 2 rings (SSSR count). The van der Waals surface area contributed by atoms with Gasteiger partial charge < -0.3 is 10.4 Å². The SMILES string of the molecule is CCC1(CC)CNC[C@H]1c1ccc(O)cc1. The molecular weight excluding hydrogens is 198 g/mol. The van der Waals surface area contributed by atoms with E-state index in [-0.39, 0.29) is 0 Å². The Morgan fingerprint density at radius 3 is 2.44 bits per heavy atom. The van der Waals surface area contributed by atoms with Crippen LogP contribution < -0.4 is 5.32 Å². The van der Waals surface area contributed by atoms with Crippen molar-refractivity contribution >= 4 is 0 Å². The van der Waals surface area contributed by atoms with Gasteiger partial charge in [0.15, 0.2) is 0 Å². The summed E-state index contributed by atoms with van der Waals surface area (Å²) in [5.41, 5.74) is 1.75. The minimum Gasteiger partial charge on any atom is -0.508 e. The normalized spacial score (nSPS) is 23.5. The molecule has 1 aliphatic heterocycles. The van der Waals surface area contributed by atoms with Crippen LogP contribution in [0.2, 0.25) is 0 Å². The number of nitrogens with one attached hydrogen (secondary N) is 1. The van der Waals surface area contributed by atoms with E-state index in [1.54, 1.807) is 12.1 Å². The van der Waals surface area contributed by atoms with Gasteiger partial charge >= 0.3 is 0 Å². The highest BCUT2D eigenvalue weighted by molar-refractivity contribution is 5.31. The summed E-state index contributed by atoms with van der Waals surface area (Å²) < 4.78 is 0. The van der Waals surface area contributed by atoms with Crippen LogP contribution in [0.5, 0.6) is 5.75 Å². The zero-order chi connectivity index (χ0) is 11.6. The van der Waals surface area contributed by atoms with Crippen molar-refractivity contribution in [2.45, 2.75) is 32.6 Å². The maximum Gasteiger partial charge on any atom is 0.115 e. The predicted octanol–water partition coefficient (Wildman–Crippen LogP) is 2.89. The van der Waals surface area contributed by atoms with Crippen molar-refractivity contribution < 1.29 is 5.11 Å². The Balaban J connectivity index is 2.29. The summed E-state index contributed by atoms with van der Waals surface area (Å²) in [6.07, 6.45) is 2.42. The molecule has 0 radical (unpaired) electrons. The van der Waals surface area contributed by atoms with Gasteiger partial charge in [-0.1, -0.05) is 26.0 Å². The van der Waals surface area contributed by atoms with Crippen LogP contribution in [0.25, 0.3) is 0 Å². The fourth-order valence-electron chi connectivity index (χ4n) is 2.98. The molecule has 0 spiro atoms. The van der Waals surface area contributed by atoms with Crippen molar-refractivity contribution in [3.63, 3.8) is 0 Å². The van der Waals surface area contributed by atoms with Crippen molar-refractivity contribution in [3.05, 3.63) is 29.8 Å². The monoisotopic (exact) mass is 219 g/mol. The van der Waals surface area contributed by atoms with E-state index in [1.807, 2.05) is 0 Å². The second-order valence-electron chi connectivity index (χ2n) is 4.84. The summed E-state index contributed by atoms with van der Waals surface area (Å²) in [6, 6.07) is 7.72. The number of phenolic OH excluding ortho intramolecular Hbond substituents is 1. The maximum atomic E-state index is 9.33. The van der Waals surface area contributed by atoms with Gasteiger partial charge in [-0.3, -0.25) is 0 Å². The molecule has 16 heavy (non-hydrogen) atoms. The van der Waals surface area contributed by atoms with Crippen LogP contribution in [-0.4, -0.2) is 18.2 Å². The summed E-state index contributed by atoms with van der Waals surface area (Å²) in [7, 11) is 0. The lowest BCUT2D eigenvalue weighted by Crippen LogP contribution is -2.27. The molecule has 1 aromatic carbocycles. The molecule has 0 amide bonds. The molecular formula is C14H21NO. The van der Waals surface area contributed by atoms with E-state index in [4.69, 9.17) is 0 Å². The molecule has 1 aromatic rings. The third-order valence-corrected chi connectivity index (χ3v) is 4.27. The van der Waals surface area contributed by atoms with E-state index in [2.05, 4.69) is 31.3 Å². The summed E-state index contributed by atoms with van der Waals surface area (Å²) in [6.45, 7) is 6.74. The minimum atomic E-state index is 0.355. The second kappa shape index (κ2) is 4.46. The number of aromatic hydroxyl groups is 1. The van der Waals surface area contributed by atoms with Crippen LogP contribution in [0.4, 0.5) is 0 Å². The summed E-state index contributed by atoms with van der Waals surface area (Å²) in [5, 5.41) is 12.8. The van der Waals surface area contributed by atoms with Gasteiger partial charge in [-0.05, 0) is 36.0 Å². The Labute approximate surface area is 97.7 Å². The van der Waals surface area contributed by atoms with Gasteiger partial charge in [0.25, 0.3) is 0 Å². The Hall–Kier alpha value is -1.02. The van der Waals surface area contributed by atoms with Crippen LogP contribution in [0.3, 0.4) is 0 Å². The molecule has 0 aliphatic carbocycles. The Morgan fingerprint density at radius 1 is 1.25 bits per heavy atom. The van der Waals surface area contributed by atoms with Gasteiger partial charge in [0, 0.05) is 19.0 Å². The molecule has 1 saturated heterocycles. The number of hydrogen-bond acceptors (Lipinski definition) is 2. The van der Waals surface area contributed by atoms with Gasteiger partial charge in [0.1, 0.15) is 5.75 Å². The Bertz CT molecular complexity index is 340. The van der Waals surface area contributed by atoms with Gasteiger partial charge in [-0.15, -0.1) is 0 Å². The van der Waals surface area contributed by atoms with E-state index < -0.39 is 0 Å². The molecule has 1 atom stereocenters. The van der Waals surface area contributed by atoms with E-state index in [0.29, 0.717) is 17.1 Å². The summed E-state index contributed by atoms with van der Waals surface area (Å²) in [4.78, 5) is 0. The molecule has 2 N–H and O–H groups in total. The third-order valence-electron chi connectivity index (χ3n) is 4.27. The predicted molar refractivity (Wildman–Crippen MR) is 66.7 cm³/mol. The lowest BCUT2D eigenvalue weighted by Gasteiger charge is -2.33. The largest absolute Gasteiger partial charge is 0.508 e. The Kier molecular flexibility index (Phi) is 3.20. The van der Waals surface area contributed by atoms with Gasteiger partial charge in [0.2, 0.25) is 0 Å². The van der Waals surface area contributed by atoms with Crippen molar-refractivity contribution in [1.29, 1.82) is 0 Å². The average Bonchev–Trinajstić information content (AvgIpc) is 2.74. The lowest BCUT2D eigenvalue weighted by molar-refractivity contribution is 0.260. The topological polar surface area (TPSA) is 32.3 Å². The molecule has 0 bridgehead atoms. The third kappa shape index (κ3) is 1.82. The van der Waals surface area contributed by atoms with Crippen LogP contribution >= 0.6 is 0 Å². The first-order valence-corrected chi connectivity index (χ1v) is 6.21. The van der Waals surface area contributed by atoms with Gasteiger partial charge in [0.05, 0.1) is 0 Å². The van der Waals surface area contributed by atoms with Crippen molar-refractivity contribution in [3.8, 4) is 5.75 Å². The number of hydrogen-bond donors (Lipinski definition) is 2. The minimum absolute atomic E-state index is 0.355. The van der Waals surface area contributed by atoms with E-state index in [1.165, 1.54) is 18.4 Å². The highest BCUT2D eigenvalue weighted by Gasteiger charge is 2.40. The van der Waals surface area contributed by atoms with Gasteiger partial charge in [-0.25, -0.2) is 0 Å². The smallest absolute Gasteiger partial charge is 0.115 e. The number of benzene rings is 1. The van der Waals surface area contributed by atoms with Gasteiger partial charge in [-0.2, -0.15) is 0 Å². The van der Waals surface area contributed by atoms with Crippen molar-refractivity contribution in [2.24, 2.45) is 5.41 Å². The molecule has 88 valence electrons. The average molecular weight is 219 g/mol. The maximum absolute atomic E-state index is 9.33. The highest BCUT2D eigenvalue weighted by Crippen LogP contribution is 2.44. The fraction of sp³-hybridized carbons (Fsp3) is 0.571.